The zero-order chi connectivity index (χ0) is 17.4. The number of benzene rings is 1. The Kier molecular flexibility index (Phi) is 3.89. The summed E-state index contributed by atoms with van der Waals surface area (Å²) in [6.07, 6.45) is 1.41. The molecule has 6 heteroatoms. The highest BCUT2D eigenvalue weighted by Gasteiger charge is 2.21. The van der Waals surface area contributed by atoms with Crippen molar-refractivity contribution < 1.29 is 14.3 Å². The molecule has 2 heterocycles. The van der Waals surface area contributed by atoms with E-state index in [0.29, 0.717) is 27.9 Å². The molecule has 0 amide bonds. The fourth-order valence-electron chi connectivity index (χ4n) is 2.86. The van der Waals surface area contributed by atoms with Crippen molar-refractivity contribution in [1.29, 1.82) is 0 Å². The lowest BCUT2D eigenvalue weighted by atomic mass is 9.96. The number of Topliss-reactive ketones (excluding diaryl/α,β-unsaturated/α-hetero) is 2. The number of pyridine rings is 1. The van der Waals surface area contributed by atoms with Crippen molar-refractivity contribution in [2.75, 3.05) is 7.11 Å². The van der Waals surface area contributed by atoms with Crippen molar-refractivity contribution in [3.8, 4) is 17.0 Å². The molecule has 0 spiro atoms. The van der Waals surface area contributed by atoms with Crippen molar-refractivity contribution in [3.63, 3.8) is 0 Å². The molecular formula is C18H17N3O3. The van der Waals surface area contributed by atoms with E-state index in [2.05, 4.69) is 15.2 Å². The fraction of sp³-hybridized carbons (Fsp3) is 0.222. The number of fused-ring (bicyclic) bond motifs is 1. The molecule has 0 unspecified atom stereocenters. The second-order valence-corrected chi connectivity index (χ2v) is 5.64. The summed E-state index contributed by atoms with van der Waals surface area (Å²) < 4.78 is 5.28. The Morgan fingerprint density at radius 2 is 1.92 bits per heavy atom. The maximum Gasteiger partial charge on any atom is 0.182 e. The van der Waals surface area contributed by atoms with Crippen LogP contribution in [-0.4, -0.2) is 33.9 Å². The number of rotatable bonds is 4. The molecule has 0 saturated heterocycles. The van der Waals surface area contributed by atoms with Crippen LogP contribution in [0.4, 0.5) is 0 Å². The number of hydrogen-bond donors (Lipinski definition) is 1. The van der Waals surface area contributed by atoms with Crippen LogP contribution in [0.5, 0.6) is 5.75 Å². The molecule has 3 aromatic rings. The van der Waals surface area contributed by atoms with E-state index < -0.39 is 0 Å². The SMILES string of the molecule is COc1ccc(-c2[nH]nc3ncc(C(C)=O)c(C(C)=O)c23)cc1C. The second-order valence-electron chi connectivity index (χ2n) is 5.64. The predicted octanol–water partition coefficient (Wildman–Crippen LogP) is 3.35. The van der Waals surface area contributed by atoms with Gasteiger partial charge >= 0.3 is 0 Å². The number of hydrogen-bond acceptors (Lipinski definition) is 5. The van der Waals surface area contributed by atoms with Crippen LogP contribution in [0.25, 0.3) is 22.3 Å². The van der Waals surface area contributed by atoms with Crippen molar-refractivity contribution in [3.05, 3.63) is 41.1 Å². The van der Waals surface area contributed by atoms with Crippen molar-refractivity contribution in [2.24, 2.45) is 0 Å². The van der Waals surface area contributed by atoms with E-state index in [1.54, 1.807) is 7.11 Å². The first kappa shape index (κ1) is 15.9. The molecular weight excluding hydrogens is 306 g/mol. The van der Waals surface area contributed by atoms with Gasteiger partial charge in [0.05, 0.1) is 18.2 Å². The smallest absolute Gasteiger partial charge is 0.182 e. The third-order valence-electron chi connectivity index (χ3n) is 4.00. The van der Waals surface area contributed by atoms with E-state index in [0.717, 1.165) is 16.9 Å². The minimum atomic E-state index is -0.201. The number of ether oxygens (including phenoxy) is 1. The summed E-state index contributed by atoms with van der Waals surface area (Å²) in [6.45, 7) is 4.80. The van der Waals surface area contributed by atoms with Crippen LogP contribution in [0, 0.1) is 6.92 Å². The van der Waals surface area contributed by atoms with E-state index in [1.807, 2.05) is 25.1 Å². The minimum absolute atomic E-state index is 0.194. The quantitative estimate of drug-likeness (QED) is 0.744. The summed E-state index contributed by atoms with van der Waals surface area (Å²) in [5, 5.41) is 7.69. The highest BCUT2D eigenvalue weighted by atomic mass is 16.5. The lowest BCUT2D eigenvalue weighted by Gasteiger charge is -2.09. The summed E-state index contributed by atoms with van der Waals surface area (Å²) in [6, 6.07) is 5.67. The molecule has 3 rings (SSSR count). The molecule has 0 bridgehead atoms. The summed E-state index contributed by atoms with van der Waals surface area (Å²) in [5.41, 5.74) is 3.54. The summed E-state index contributed by atoms with van der Waals surface area (Å²) in [4.78, 5) is 28.3. The summed E-state index contributed by atoms with van der Waals surface area (Å²) in [7, 11) is 1.62. The van der Waals surface area contributed by atoms with Crippen LogP contribution in [0.15, 0.2) is 24.4 Å². The van der Waals surface area contributed by atoms with Gasteiger partial charge in [-0.15, -0.1) is 0 Å². The van der Waals surface area contributed by atoms with Gasteiger partial charge in [0.2, 0.25) is 0 Å². The van der Waals surface area contributed by atoms with Crippen LogP contribution >= 0.6 is 0 Å². The lowest BCUT2D eigenvalue weighted by molar-refractivity contribution is 0.0981. The average molecular weight is 323 g/mol. The van der Waals surface area contributed by atoms with E-state index in [1.165, 1.54) is 20.0 Å². The molecule has 0 atom stereocenters. The molecule has 1 N–H and O–H groups in total. The van der Waals surface area contributed by atoms with Gasteiger partial charge in [0.15, 0.2) is 17.2 Å². The average Bonchev–Trinajstić information content (AvgIpc) is 2.97. The number of aryl methyl sites for hydroxylation is 1. The molecule has 0 aliphatic heterocycles. The Bertz CT molecular complexity index is 973. The Hall–Kier alpha value is -3.02. The standard InChI is InChI=1S/C18H17N3O3/c1-9-7-12(5-6-14(9)24-4)17-16-15(11(3)23)13(10(2)22)8-19-18(16)21-20-17/h5-8H,1-4H3,(H,19,20,21). The maximum atomic E-state index is 12.2. The van der Waals surface area contributed by atoms with Gasteiger partial charge in [-0.25, -0.2) is 4.98 Å². The highest BCUT2D eigenvalue weighted by molar-refractivity contribution is 6.17. The van der Waals surface area contributed by atoms with Gasteiger partial charge in [-0.1, -0.05) is 0 Å². The van der Waals surface area contributed by atoms with Crippen molar-refractivity contribution in [2.45, 2.75) is 20.8 Å². The largest absolute Gasteiger partial charge is 0.496 e. The number of H-pyrrole nitrogens is 1. The molecule has 0 aliphatic carbocycles. The number of aromatic nitrogens is 3. The Labute approximate surface area is 138 Å². The van der Waals surface area contributed by atoms with Crippen molar-refractivity contribution >= 4 is 22.6 Å². The highest BCUT2D eigenvalue weighted by Crippen LogP contribution is 2.32. The van der Waals surface area contributed by atoms with E-state index in [4.69, 9.17) is 4.74 Å². The predicted molar refractivity (Wildman–Crippen MR) is 90.6 cm³/mol. The Morgan fingerprint density at radius 1 is 1.17 bits per heavy atom. The lowest BCUT2D eigenvalue weighted by Crippen LogP contribution is -2.06. The van der Waals surface area contributed by atoms with Gasteiger partial charge in [0, 0.05) is 22.9 Å². The summed E-state index contributed by atoms with van der Waals surface area (Å²) >= 11 is 0. The normalized spacial score (nSPS) is 10.8. The summed E-state index contributed by atoms with van der Waals surface area (Å²) in [5.74, 6) is 0.380. The monoisotopic (exact) mass is 323 g/mol. The zero-order valence-electron chi connectivity index (χ0n) is 13.9. The fourth-order valence-corrected chi connectivity index (χ4v) is 2.86. The van der Waals surface area contributed by atoms with Crippen LogP contribution in [0.1, 0.15) is 40.1 Å². The molecule has 1 aromatic carbocycles. The molecule has 122 valence electrons. The Morgan fingerprint density at radius 3 is 2.50 bits per heavy atom. The number of nitrogens with zero attached hydrogens (tertiary/aromatic N) is 2. The molecule has 0 saturated carbocycles. The van der Waals surface area contributed by atoms with E-state index in [-0.39, 0.29) is 11.6 Å². The number of ketones is 2. The number of nitrogens with one attached hydrogen (secondary N) is 1. The molecule has 6 nitrogen and oxygen atoms in total. The first-order valence-electron chi connectivity index (χ1n) is 7.48. The van der Waals surface area contributed by atoms with Crippen molar-refractivity contribution in [1.82, 2.24) is 15.2 Å². The minimum Gasteiger partial charge on any atom is -0.496 e. The van der Waals surface area contributed by atoms with E-state index >= 15 is 0 Å². The second kappa shape index (κ2) is 5.88. The van der Waals surface area contributed by atoms with Gasteiger partial charge in [0.1, 0.15) is 5.75 Å². The Balaban J connectivity index is 2.34. The third-order valence-corrected chi connectivity index (χ3v) is 4.00. The number of methoxy groups -OCH3 is 1. The van der Waals surface area contributed by atoms with Gasteiger partial charge < -0.3 is 4.74 Å². The van der Waals surface area contributed by atoms with Gasteiger partial charge in [-0.3, -0.25) is 14.7 Å². The number of aromatic amines is 1. The number of carbonyl (C=O) groups is 2. The van der Waals surface area contributed by atoms with Gasteiger partial charge in [-0.05, 0) is 44.5 Å². The zero-order valence-corrected chi connectivity index (χ0v) is 13.9. The van der Waals surface area contributed by atoms with Crippen LogP contribution in [0.3, 0.4) is 0 Å². The maximum absolute atomic E-state index is 12.2. The van der Waals surface area contributed by atoms with Crippen LogP contribution < -0.4 is 4.74 Å². The van der Waals surface area contributed by atoms with Crippen LogP contribution in [0.2, 0.25) is 0 Å². The molecule has 0 aliphatic rings. The third kappa shape index (κ3) is 2.46. The molecule has 2 aromatic heterocycles. The van der Waals surface area contributed by atoms with E-state index in [9.17, 15) is 9.59 Å². The first-order valence-corrected chi connectivity index (χ1v) is 7.48. The molecule has 24 heavy (non-hydrogen) atoms. The van der Waals surface area contributed by atoms with Gasteiger partial charge in [-0.2, -0.15) is 5.10 Å². The first-order chi connectivity index (χ1) is 11.4. The van der Waals surface area contributed by atoms with Gasteiger partial charge in [0.25, 0.3) is 0 Å². The molecule has 0 radical (unpaired) electrons. The van der Waals surface area contributed by atoms with Crippen LogP contribution in [-0.2, 0) is 0 Å². The topological polar surface area (TPSA) is 84.9 Å². The number of carbonyl (C=O) groups excluding carboxylic acids is 2. The molecule has 0 fully saturated rings.